The molecular weight excluding hydrogens is 456 g/mol. The van der Waals surface area contributed by atoms with Gasteiger partial charge in [-0.1, -0.05) is 54.6 Å². The third-order valence-corrected chi connectivity index (χ3v) is 5.57. The van der Waals surface area contributed by atoms with Crippen LogP contribution >= 0.6 is 0 Å². The Kier molecular flexibility index (Phi) is 7.70. The summed E-state index contributed by atoms with van der Waals surface area (Å²) in [4.78, 5) is 13.4. The van der Waals surface area contributed by atoms with Gasteiger partial charge in [-0.25, -0.2) is 9.48 Å². The van der Waals surface area contributed by atoms with Crippen LogP contribution in [0.15, 0.2) is 72.8 Å². The van der Waals surface area contributed by atoms with Gasteiger partial charge in [0.2, 0.25) is 5.75 Å². The minimum absolute atomic E-state index is 0.228. The molecule has 4 rings (SSSR count). The van der Waals surface area contributed by atoms with Crippen molar-refractivity contribution in [3.8, 4) is 34.2 Å². The van der Waals surface area contributed by atoms with Crippen LogP contribution < -0.4 is 14.2 Å². The van der Waals surface area contributed by atoms with Gasteiger partial charge < -0.3 is 18.9 Å². The number of aromatic nitrogens is 2. The van der Waals surface area contributed by atoms with E-state index in [1.54, 1.807) is 45.1 Å². The van der Waals surface area contributed by atoms with Crippen LogP contribution in [0.2, 0.25) is 0 Å². The molecule has 0 N–H and O–H groups in total. The number of hydrogen-bond acceptors (Lipinski definition) is 6. The Bertz CT molecular complexity index is 1340. The molecule has 3 aromatic carbocycles. The van der Waals surface area contributed by atoms with Crippen molar-refractivity contribution in [2.45, 2.75) is 6.92 Å². The zero-order chi connectivity index (χ0) is 25.5. The minimum Gasteiger partial charge on any atom is -0.493 e. The zero-order valence-corrected chi connectivity index (χ0v) is 20.7. The number of carbonyl (C=O) groups excluding carboxylic acids is 1. The molecule has 0 aliphatic rings. The van der Waals surface area contributed by atoms with Gasteiger partial charge in [-0.3, -0.25) is 0 Å². The quantitative estimate of drug-likeness (QED) is 0.275. The average molecular weight is 485 g/mol. The average Bonchev–Trinajstić information content (AvgIpc) is 3.31. The first-order chi connectivity index (χ1) is 17.6. The van der Waals surface area contributed by atoms with Gasteiger partial charge in [-0.05, 0) is 42.8 Å². The molecule has 0 atom stereocenters. The summed E-state index contributed by atoms with van der Waals surface area (Å²) in [6.45, 7) is 2.00. The van der Waals surface area contributed by atoms with Gasteiger partial charge in [0.1, 0.15) is 11.3 Å². The Balaban J connectivity index is 2.01. The molecule has 0 aliphatic heterocycles. The Hall–Kier alpha value is -4.52. The standard InChI is InChI=1S/C29H28N2O5/c1-5-36-29(32)26-23(17-16-20-12-8-6-9-13-20)31(22-14-10-7-11-15-22)30-27(26)21-18-24(33-2)28(35-4)25(19-21)34-3/h6-19H,5H2,1-4H3. The van der Waals surface area contributed by atoms with E-state index in [0.717, 1.165) is 11.3 Å². The van der Waals surface area contributed by atoms with Crippen molar-refractivity contribution in [3.63, 3.8) is 0 Å². The number of para-hydroxylation sites is 1. The molecule has 1 heterocycles. The van der Waals surface area contributed by atoms with E-state index in [1.165, 1.54) is 0 Å². The highest BCUT2D eigenvalue weighted by Gasteiger charge is 2.27. The molecule has 184 valence electrons. The third kappa shape index (κ3) is 4.95. The van der Waals surface area contributed by atoms with E-state index in [1.807, 2.05) is 72.8 Å². The van der Waals surface area contributed by atoms with E-state index in [4.69, 9.17) is 24.0 Å². The van der Waals surface area contributed by atoms with Gasteiger partial charge in [0.15, 0.2) is 11.5 Å². The van der Waals surface area contributed by atoms with Crippen LogP contribution in [0.4, 0.5) is 0 Å². The SMILES string of the molecule is CCOC(=O)c1c(-c2cc(OC)c(OC)c(OC)c2)nn(-c2ccccc2)c1C=Cc1ccccc1. The van der Waals surface area contributed by atoms with Crippen LogP contribution in [0.1, 0.15) is 28.5 Å². The predicted molar refractivity (Wildman–Crippen MR) is 140 cm³/mol. The van der Waals surface area contributed by atoms with Gasteiger partial charge in [0.25, 0.3) is 0 Å². The molecule has 0 bridgehead atoms. The molecule has 4 aromatic rings. The van der Waals surface area contributed by atoms with Crippen LogP contribution in [-0.2, 0) is 4.74 Å². The van der Waals surface area contributed by atoms with Crippen LogP contribution in [0, 0.1) is 0 Å². The summed E-state index contributed by atoms with van der Waals surface area (Å²) in [6.07, 6.45) is 3.82. The maximum absolute atomic E-state index is 13.4. The van der Waals surface area contributed by atoms with Gasteiger partial charge in [0.05, 0.1) is 39.3 Å². The monoisotopic (exact) mass is 484 g/mol. The van der Waals surface area contributed by atoms with Crippen molar-refractivity contribution >= 4 is 18.1 Å². The summed E-state index contributed by atoms with van der Waals surface area (Å²) in [5.41, 5.74) is 3.77. The highest BCUT2D eigenvalue weighted by atomic mass is 16.5. The summed E-state index contributed by atoms with van der Waals surface area (Å²) in [5, 5.41) is 4.89. The Morgan fingerprint density at radius 2 is 1.47 bits per heavy atom. The molecule has 0 amide bonds. The molecule has 7 nitrogen and oxygen atoms in total. The van der Waals surface area contributed by atoms with Crippen LogP contribution in [0.25, 0.3) is 29.1 Å². The van der Waals surface area contributed by atoms with Crippen LogP contribution in [-0.4, -0.2) is 43.7 Å². The fourth-order valence-corrected chi connectivity index (χ4v) is 3.91. The first-order valence-electron chi connectivity index (χ1n) is 11.5. The molecule has 0 spiro atoms. The lowest BCUT2D eigenvalue weighted by atomic mass is 10.0. The van der Waals surface area contributed by atoms with Crippen molar-refractivity contribution in [2.75, 3.05) is 27.9 Å². The van der Waals surface area contributed by atoms with Gasteiger partial charge in [-0.15, -0.1) is 0 Å². The van der Waals surface area contributed by atoms with Crippen molar-refractivity contribution in [1.29, 1.82) is 0 Å². The molecule has 1 aromatic heterocycles. The zero-order valence-electron chi connectivity index (χ0n) is 20.7. The molecule has 36 heavy (non-hydrogen) atoms. The van der Waals surface area contributed by atoms with Gasteiger partial charge in [-0.2, -0.15) is 5.10 Å². The maximum Gasteiger partial charge on any atom is 0.342 e. The molecular formula is C29H28N2O5. The lowest BCUT2D eigenvalue weighted by molar-refractivity contribution is 0.0527. The van der Waals surface area contributed by atoms with E-state index in [2.05, 4.69) is 0 Å². The van der Waals surface area contributed by atoms with Crippen LogP contribution in [0.5, 0.6) is 17.2 Å². The van der Waals surface area contributed by atoms with E-state index in [-0.39, 0.29) is 6.61 Å². The second-order valence-electron chi connectivity index (χ2n) is 7.73. The number of esters is 1. The van der Waals surface area contributed by atoms with Crippen molar-refractivity contribution < 1.29 is 23.7 Å². The fourth-order valence-electron chi connectivity index (χ4n) is 3.91. The van der Waals surface area contributed by atoms with Gasteiger partial charge >= 0.3 is 5.97 Å². The van der Waals surface area contributed by atoms with E-state index < -0.39 is 5.97 Å². The molecule has 0 radical (unpaired) electrons. The third-order valence-electron chi connectivity index (χ3n) is 5.57. The van der Waals surface area contributed by atoms with E-state index in [9.17, 15) is 4.79 Å². The first-order valence-corrected chi connectivity index (χ1v) is 11.5. The molecule has 0 unspecified atom stereocenters. The van der Waals surface area contributed by atoms with Gasteiger partial charge in [0, 0.05) is 5.56 Å². The molecule has 0 fully saturated rings. The lowest BCUT2D eigenvalue weighted by Gasteiger charge is -2.14. The van der Waals surface area contributed by atoms with E-state index in [0.29, 0.717) is 39.8 Å². The van der Waals surface area contributed by atoms with Crippen LogP contribution in [0.3, 0.4) is 0 Å². The van der Waals surface area contributed by atoms with Crippen molar-refractivity contribution in [3.05, 3.63) is 89.6 Å². The Morgan fingerprint density at radius 3 is 2.03 bits per heavy atom. The minimum atomic E-state index is -0.476. The van der Waals surface area contributed by atoms with Crippen molar-refractivity contribution in [1.82, 2.24) is 9.78 Å². The molecule has 0 saturated heterocycles. The lowest BCUT2D eigenvalue weighted by Crippen LogP contribution is -2.08. The second kappa shape index (κ2) is 11.3. The number of nitrogens with zero attached hydrogens (tertiary/aromatic N) is 2. The number of benzene rings is 3. The summed E-state index contributed by atoms with van der Waals surface area (Å²) in [6, 6.07) is 23.0. The number of hydrogen-bond donors (Lipinski definition) is 0. The maximum atomic E-state index is 13.4. The number of ether oxygens (including phenoxy) is 4. The molecule has 0 aliphatic carbocycles. The highest BCUT2D eigenvalue weighted by Crippen LogP contribution is 2.42. The fraction of sp³-hybridized carbons (Fsp3) is 0.172. The summed E-state index contributed by atoms with van der Waals surface area (Å²) < 4.78 is 23.8. The molecule has 0 saturated carbocycles. The topological polar surface area (TPSA) is 71.8 Å². The number of rotatable bonds is 9. The largest absolute Gasteiger partial charge is 0.493 e. The number of carbonyl (C=O) groups is 1. The summed E-state index contributed by atoms with van der Waals surface area (Å²) >= 11 is 0. The smallest absolute Gasteiger partial charge is 0.342 e. The summed E-state index contributed by atoms with van der Waals surface area (Å²) in [5.74, 6) is 0.888. The highest BCUT2D eigenvalue weighted by molar-refractivity contribution is 6.01. The first kappa shape index (κ1) is 24.6. The normalized spacial score (nSPS) is 10.9. The molecule has 7 heteroatoms. The van der Waals surface area contributed by atoms with E-state index >= 15 is 0 Å². The number of methoxy groups -OCH3 is 3. The Morgan fingerprint density at radius 1 is 0.861 bits per heavy atom. The summed E-state index contributed by atoms with van der Waals surface area (Å²) in [7, 11) is 4.63. The second-order valence-corrected chi connectivity index (χ2v) is 7.73. The van der Waals surface area contributed by atoms with Crippen molar-refractivity contribution in [2.24, 2.45) is 0 Å². The Labute approximate surface area is 210 Å². The predicted octanol–water partition coefficient (Wildman–Crippen LogP) is 5.91.